The highest BCUT2D eigenvalue weighted by atomic mass is 16.6. The standard InChI is InChI=1S/C15H22N2O5/c1-2-3-4-5-14(19)16-13(10-18)15(20)11-6-8-12(9-7-11)17(21)22/h6-9,13,15,18,20H,2-5,10H2,1H3,(H,16,19). The second kappa shape index (κ2) is 9.11. The van der Waals surface area contributed by atoms with Gasteiger partial charge in [-0.25, -0.2) is 0 Å². The lowest BCUT2D eigenvalue weighted by molar-refractivity contribution is -0.384. The Bertz CT molecular complexity index is 489. The number of nitrogens with zero attached hydrogens (tertiary/aromatic N) is 1. The number of aliphatic hydroxyl groups excluding tert-OH is 2. The number of rotatable bonds is 9. The molecule has 0 bridgehead atoms. The first kappa shape index (κ1) is 18.1. The van der Waals surface area contributed by atoms with Crippen molar-refractivity contribution >= 4 is 11.6 Å². The van der Waals surface area contributed by atoms with Crippen molar-refractivity contribution < 1.29 is 19.9 Å². The lowest BCUT2D eigenvalue weighted by Gasteiger charge is -2.22. The molecule has 1 amide bonds. The molecule has 22 heavy (non-hydrogen) atoms. The van der Waals surface area contributed by atoms with Crippen molar-refractivity contribution in [1.29, 1.82) is 0 Å². The number of benzene rings is 1. The van der Waals surface area contributed by atoms with E-state index in [1.165, 1.54) is 24.3 Å². The zero-order valence-corrected chi connectivity index (χ0v) is 12.6. The molecule has 1 aromatic rings. The van der Waals surface area contributed by atoms with Crippen molar-refractivity contribution in [3.8, 4) is 0 Å². The third-order valence-corrected chi connectivity index (χ3v) is 3.38. The summed E-state index contributed by atoms with van der Waals surface area (Å²) >= 11 is 0. The summed E-state index contributed by atoms with van der Waals surface area (Å²) in [5, 5.41) is 32.7. The summed E-state index contributed by atoms with van der Waals surface area (Å²) in [6.45, 7) is 1.62. The van der Waals surface area contributed by atoms with Gasteiger partial charge in [-0.15, -0.1) is 0 Å². The molecular weight excluding hydrogens is 288 g/mol. The zero-order valence-electron chi connectivity index (χ0n) is 12.6. The summed E-state index contributed by atoms with van der Waals surface area (Å²) in [7, 11) is 0. The number of hydrogen-bond donors (Lipinski definition) is 3. The molecule has 3 N–H and O–H groups in total. The van der Waals surface area contributed by atoms with Crippen LogP contribution in [0.5, 0.6) is 0 Å². The molecular formula is C15H22N2O5. The Morgan fingerprint density at radius 2 is 1.95 bits per heavy atom. The molecule has 1 aromatic carbocycles. The quantitative estimate of drug-likeness (QED) is 0.365. The van der Waals surface area contributed by atoms with Crippen LogP contribution in [0.15, 0.2) is 24.3 Å². The van der Waals surface area contributed by atoms with Crippen LogP contribution in [0.2, 0.25) is 0 Å². The number of amides is 1. The average Bonchev–Trinajstić information content (AvgIpc) is 2.52. The fourth-order valence-electron chi connectivity index (χ4n) is 2.06. The smallest absolute Gasteiger partial charge is 0.269 e. The van der Waals surface area contributed by atoms with Gasteiger partial charge in [-0.1, -0.05) is 19.8 Å². The molecule has 7 heteroatoms. The molecule has 0 radical (unpaired) electrons. The maximum Gasteiger partial charge on any atom is 0.269 e. The lowest BCUT2D eigenvalue weighted by atomic mass is 10.0. The van der Waals surface area contributed by atoms with Gasteiger partial charge in [0.1, 0.15) is 6.10 Å². The van der Waals surface area contributed by atoms with Gasteiger partial charge in [0.05, 0.1) is 17.6 Å². The predicted molar refractivity (Wildman–Crippen MR) is 81.2 cm³/mol. The Balaban J connectivity index is 2.65. The highest BCUT2D eigenvalue weighted by Gasteiger charge is 2.22. The Kier molecular flexibility index (Phi) is 7.48. The molecule has 0 aromatic heterocycles. The largest absolute Gasteiger partial charge is 0.394 e. The number of nitro benzene ring substituents is 1. The third-order valence-electron chi connectivity index (χ3n) is 3.38. The number of unbranched alkanes of at least 4 members (excludes halogenated alkanes) is 2. The van der Waals surface area contributed by atoms with Gasteiger partial charge in [0.25, 0.3) is 5.69 Å². The van der Waals surface area contributed by atoms with Crippen LogP contribution >= 0.6 is 0 Å². The van der Waals surface area contributed by atoms with E-state index in [-0.39, 0.29) is 11.6 Å². The first-order chi connectivity index (χ1) is 10.5. The van der Waals surface area contributed by atoms with Gasteiger partial charge in [0.2, 0.25) is 5.91 Å². The third kappa shape index (κ3) is 5.42. The van der Waals surface area contributed by atoms with Crippen molar-refractivity contribution in [3.05, 3.63) is 39.9 Å². The molecule has 2 unspecified atom stereocenters. The van der Waals surface area contributed by atoms with Gasteiger partial charge in [0, 0.05) is 18.6 Å². The molecule has 0 saturated carbocycles. The first-order valence-corrected chi connectivity index (χ1v) is 7.32. The highest BCUT2D eigenvalue weighted by Crippen LogP contribution is 2.20. The molecule has 2 atom stereocenters. The number of aliphatic hydroxyl groups is 2. The topological polar surface area (TPSA) is 113 Å². The van der Waals surface area contributed by atoms with Crippen molar-refractivity contribution in [2.75, 3.05) is 6.61 Å². The van der Waals surface area contributed by atoms with Gasteiger partial charge >= 0.3 is 0 Å². The fraction of sp³-hybridized carbons (Fsp3) is 0.533. The van der Waals surface area contributed by atoms with Gasteiger partial charge in [0.15, 0.2) is 0 Å². The molecule has 1 rings (SSSR count). The molecule has 0 aliphatic heterocycles. The van der Waals surface area contributed by atoms with Crippen LogP contribution in [0.1, 0.15) is 44.3 Å². The Hall–Kier alpha value is -1.99. The van der Waals surface area contributed by atoms with E-state index in [0.29, 0.717) is 12.0 Å². The average molecular weight is 310 g/mol. The maximum absolute atomic E-state index is 11.7. The maximum atomic E-state index is 11.7. The number of hydrogen-bond acceptors (Lipinski definition) is 5. The van der Waals surface area contributed by atoms with Crippen molar-refractivity contribution in [3.63, 3.8) is 0 Å². The van der Waals surface area contributed by atoms with Crippen LogP contribution in [0.4, 0.5) is 5.69 Å². The van der Waals surface area contributed by atoms with E-state index < -0.39 is 23.7 Å². The molecule has 0 aliphatic rings. The first-order valence-electron chi connectivity index (χ1n) is 7.32. The lowest BCUT2D eigenvalue weighted by Crippen LogP contribution is -2.41. The van der Waals surface area contributed by atoms with Crippen molar-refractivity contribution in [2.24, 2.45) is 0 Å². The Morgan fingerprint density at radius 1 is 1.32 bits per heavy atom. The summed E-state index contributed by atoms with van der Waals surface area (Å²) in [6.07, 6.45) is 1.93. The molecule has 0 fully saturated rings. The minimum absolute atomic E-state index is 0.0832. The second-order valence-corrected chi connectivity index (χ2v) is 5.11. The van der Waals surface area contributed by atoms with Crippen LogP contribution in [0.25, 0.3) is 0 Å². The summed E-state index contributed by atoms with van der Waals surface area (Å²) in [5.41, 5.74) is 0.318. The molecule has 0 aliphatic carbocycles. The number of nitrogens with one attached hydrogen (secondary N) is 1. The minimum atomic E-state index is -1.12. The van der Waals surface area contributed by atoms with E-state index in [4.69, 9.17) is 0 Å². The number of nitro groups is 1. The van der Waals surface area contributed by atoms with E-state index in [1.54, 1.807) is 0 Å². The van der Waals surface area contributed by atoms with Crippen LogP contribution < -0.4 is 5.32 Å². The van der Waals surface area contributed by atoms with Crippen LogP contribution in [0.3, 0.4) is 0 Å². The van der Waals surface area contributed by atoms with E-state index in [2.05, 4.69) is 5.32 Å². The fourth-order valence-corrected chi connectivity index (χ4v) is 2.06. The number of carbonyl (C=O) groups is 1. The van der Waals surface area contributed by atoms with E-state index in [9.17, 15) is 25.1 Å². The minimum Gasteiger partial charge on any atom is -0.394 e. The van der Waals surface area contributed by atoms with Gasteiger partial charge in [-0.2, -0.15) is 0 Å². The van der Waals surface area contributed by atoms with E-state index in [0.717, 1.165) is 19.3 Å². The molecule has 0 spiro atoms. The van der Waals surface area contributed by atoms with Gasteiger partial charge in [-0.05, 0) is 24.1 Å². The van der Waals surface area contributed by atoms with Gasteiger partial charge < -0.3 is 15.5 Å². The Morgan fingerprint density at radius 3 is 2.45 bits per heavy atom. The van der Waals surface area contributed by atoms with Gasteiger partial charge in [-0.3, -0.25) is 14.9 Å². The monoisotopic (exact) mass is 310 g/mol. The second-order valence-electron chi connectivity index (χ2n) is 5.11. The summed E-state index contributed by atoms with van der Waals surface area (Å²) < 4.78 is 0. The molecule has 0 heterocycles. The van der Waals surface area contributed by atoms with E-state index in [1.807, 2.05) is 6.92 Å². The van der Waals surface area contributed by atoms with Crippen LogP contribution in [-0.2, 0) is 4.79 Å². The predicted octanol–water partition coefficient (Wildman–Crippen LogP) is 1.69. The van der Waals surface area contributed by atoms with Crippen molar-refractivity contribution in [2.45, 2.75) is 44.8 Å². The highest BCUT2D eigenvalue weighted by molar-refractivity contribution is 5.76. The molecule has 7 nitrogen and oxygen atoms in total. The van der Waals surface area contributed by atoms with Crippen LogP contribution in [0, 0.1) is 10.1 Å². The summed E-state index contributed by atoms with van der Waals surface area (Å²) in [4.78, 5) is 21.8. The van der Waals surface area contributed by atoms with Crippen molar-refractivity contribution in [1.82, 2.24) is 5.32 Å². The zero-order chi connectivity index (χ0) is 16.5. The molecule has 0 saturated heterocycles. The molecule has 122 valence electrons. The summed E-state index contributed by atoms with van der Waals surface area (Å²) in [5.74, 6) is -0.228. The Labute approximate surface area is 129 Å². The SMILES string of the molecule is CCCCCC(=O)NC(CO)C(O)c1ccc([N+](=O)[O-])cc1. The number of carbonyl (C=O) groups excluding carboxylic acids is 1. The normalized spacial score (nSPS) is 13.4. The van der Waals surface area contributed by atoms with Crippen LogP contribution in [-0.4, -0.2) is 33.7 Å². The number of non-ortho nitro benzene ring substituents is 1. The summed E-state index contributed by atoms with van der Waals surface area (Å²) in [6, 6.07) is 4.53. The van der Waals surface area contributed by atoms with E-state index >= 15 is 0 Å².